The van der Waals surface area contributed by atoms with Gasteiger partial charge in [0.2, 0.25) is 11.8 Å². The Balaban J connectivity index is 1.55. The number of amides is 2. The molecule has 40 heavy (non-hydrogen) atoms. The Labute approximate surface area is 242 Å². The molecule has 1 fully saturated rings. The molecule has 2 aromatic carbocycles. The second kappa shape index (κ2) is 12.2. The van der Waals surface area contributed by atoms with E-state index in [2.05, 4.69) is 121 Å². The van der Waals surface area contributed by atoms with E-state index >= 15 is 0 Å². The van der Waals surface area contributed by atoms with E-state index in [-0.39, 0.29) is 39.5 Å². The van der Waals surface area contributed by atoms with Crippen molar-refractivity contribution in [2.75, 3.05) is 6.54 Å². The van der Waals surface area contributed by atoms with Gasteiger partial charge in [-0.3, -0.25) is 9.59 Å². The third kappa shape index (κ3) is 9.50. The van der Waals surface area contributed by atoms with Gasteiger partial charge in [-0.1, -0.05) is 111 Å². The predicted octanol–water partition coefficient (Wildman–Crippen LogP) is 7.83. The maximum Gasteiger partial charge on any atom is 0.244 e. The highest BCUT2D eigenvalue weighted by Crippen LogP contribution is 2.45. The standard InChI is InChI=1S/C36H50N2O2/c1-33(2,3)28-16-10-26(11-17-28)14-20-31(39)37-25-36(9)23-30(22-35(7,8)24-36)38-32(40)21-15-27-12-18-29(19-13-27)34(4,5)6/h10-21,30H,22-25H2,1-9H3,(H,37,39)(H,38,40)/b20-14+,21-15+/t30-,36-/m0/s1. The third-order valence-corrected chi connectivity index (χ3v) is 7.89. The SMILES string of the molecule is CC1(C)C[C@H](NC(=O)/C=C/c2ccc(C(C)(C)C)cc2)C[C@](C)(CNC(=O)/C=C/c2ccc(C(C)(C)C)cc2)C1. The molecule has 2 amide bonds. The molecule has 4 heteroatoms. The highest BCUT2D eigenvalue weighted by molar-refractivity contribution is 5.92. The zero-order chi connectivity index (χ0) is 29.8. The van der Waals surface area contributed by atoms with Crippen LogP contribution in [0.2, 0.25) is 0 Å². The van der Waals surface area contributed by atoms with Crippen molar-refractivity contribution in [3.05, 3.63) is 82.9 Å². The Morgan fingerprint density at radius 3 is 1.65 bits per heavy atom. The van der Waals surface area contributed by atoms with Crippen LogP contribution in [0.25, 0.3) is 12.2 Å². The number of hydrogen-bond acceptors (Lipinski definition) is 2. The van der Waals surface area contributed by atoms with Crippen LogP contribution in [-0.4, -0.2) is 24.4 Å². The van der Waals surface area contributed by atoms with Crippen molar-refractivity contribution in [3.8, 4) is 0 Å². The highest BCUT2D eigenvalue weighted by Gasteiger charge is 2.41. The highest BCUT2D eigenvalue weighted by atomic mass is 16.2. The van der Waals surface area contributed by atoms with Crippen LogP contribution in [-0.2, 0) is 20.4 Å². The van der Waals surface area contributed by atoms with Gasteiger partial charge in [0, 0.05) is 24.7 Å². The number of nitrogens with one attached hydrogen (secondary N) is 2. The van der Waals surface area contributed by atoms with Gasteiger partial charge in [-0.25, -0.2) is 0 Å². The molecule has 2 N–H and O–H groups in total. The van der Waals surface area contributed by atoms with Crippen LogP contribution < -0.4 is 10.6 Å². The molecular formula is C36H50N2O2. The summed E-state index contributed by atoms with van der Waals surface area (Å²) in [6, 6.07) is 16.8. The molecule has 0 bridgehead atoms. The molecule has 1 aliphatic carbocycles. The third-order valence-electron chi connectivity index (χ3n) is 7.89. The summed E-state index contributed by atoms with van der Waals surface area (Å²) in [6.07, 6.45) is 9.71. The average molecular weight is 543 g/mol. The molecule has 0 saturated heterocycles. The molecule has 2 aromatic rings. The minimum absolute atomic E-state index is 0.0583. The van der Waals surface area contributed by atoms with Crippen LogP contribution in [0.15, 0.2) is 60.7 Å². The van der Waals surface area contributed by atoms with Crippen molar-refractivity contribution in [1.82, 2.24) is 10.6 Å². The van der Waals surface area contributed by atoms with E-state index in [0.717, 1.165) is 30.4 Å². The van der Waals surface area contributed by atoms with Gasteiger partial charge in [-0.15, -0.1) is 0 Å². The van der Waals surface area contributed by atoms with E-state index in [4.69, 9.17) is 0 Å². The zero-order valence-electron chi connectivity index (χ0n) is 26.2. The van der Waals surface area contributed by atoms with Gasteiger partial charge in [0.15, 0.2) is 0 Å². The topological polar surface area (TPSA) is 58.2 Å². The number of benzene rings is 2. The molecule has 4 nitrogen and oxygen atoms in total. The quantitative estimate of drug-likeness (QED) is 0.350. The summed E-state index contributed by atoms with van der Waals surface area (Å²) < 4.78 is 0. The van der Waals surface area contributed by atoms with Crippen LogP contribution in [0, 0.1) is 10.8 Å². The van der Waals surface area contributed by atoms with E-state index in [1.807, 2.05) is 12.2 Å². The summed E-state index contributed by atoms with van der Waals surface area (Å²) in [7, 11) is 0. The van der Waals surface area contributed by atoms with Crippen LogP contribution in [0.4, 0.5) is 0 Å². The van der Waals surface area contributed by atoms with Gasteiger partial charge < -0.3 is 10.6 Å². The monoisotopic (exact) mass is 542 g/mol. The Morgan fingerprint density at radius 1 is 0.750 bits per heavy atom. The first kappa shape index (κ1) is 31.4. The Hall–Kier alpha value is -3.14. The molecule has 2 atom stereocenters. The van der Waals surface area contributed by atoms with Gasteiger partial charge in [-0.05, 0) is 75.3 Å². The van der Waals surface area contributed by atoms with Crippen molar-refractivity contribution >= 4 is 24.0 Å². The van der Waals surface area contributed by atoms with E-state index in [0.29, 0.717) is 6.54 Å². The van der Waals surface area contributed by atoms with E-state index in [9.17, 15) is 9.59 Å². The summed E-state index contributed by atoms with van der Waals surface area (Å²) in [5.74, 6) is -0.167. The molecule has 0 heterocycles. The molecule has 3 rings (SSSR count). The van der Waals surface area contributed by atoms with Gasteiger partial charge in [0.1, 0.15) is 0 Å². The minimum Gasteiger partial charge on any atom is -0.352 e. The number of carbonyl (C=O) groups is 2. The molecule has 0 spiro atoms. The average Bonchev–Trinajstić information content (AvgIpc) is 2.83. The zero-order valence-corrected chi connectivity index (χ0v) is 26.2. The lowest BCUT2D eigenvalue weighted by Crippen LogP contribution is -2.50. The normalized spacial score (nSPS) is 21.5. The lowest BCUT2D eigenvalue weighted by Gasteiger charge is -2.46. The summed E-state index contributed by atoms with van der Waals surface area (Å²) >= 11 is 0. The lowest BCUT2D eigenvalue weighted by molar-refractivity contribution is -0.119. The second-order valence-electron chi connectivity index (χ2n) is 14.9. The smallest absolute Gasteiger partial charge is 0.244 e. The van der Waals surface area contributed by atoms with Gasteiger partial charge in [0.05, 0.1) is 0 Å². The van der Waals surface area contributed by atoms with E-state index in [1.54, 1.807) is 12.2 Å². The molecule has 0 aliphatic heterocycles. The summed E-state index contributed by atoms with van der Waals surface area (Å²) in [5.41, 5.74) is 4.73. The number of hydrogen-bond donors (Lipinski definition) is 2. The first-order valence-electron chi connectivity index (χ1n) is 14.6. The summed E-state index contributed by atoms with van der Waals surface area (Å²) in [5, 5.41) is 6.35. The van der Waals surface area contributed by atoms with Crippen LogP contribution in [0.3, 0.4) is 0 Å². The second-order valence-corrected chi connectivity index (χ2v) is 14.9. The summed E-state index contributed by atoms with van der Waals surface area (Å²) in [4.78, 5) is 25.5. The van der Waals surface area contributed by atoms with Crippen molar-refractivity contribution in [2.45, 2.75) is 98.4 Å². The summed E-state index contributed by atoms with van der Waals surface area (Å²) in [6.45, 7) is 20.4. The predicted molar refractivity (Wildman–Crippen MR) is 169 cm³/mol. The fraction of sp³-hybridized carbons (Fsp3) is 0.500. The lowest BCUT2D eigenvalue weighted by atomic mass is 9.62. The maximum absolute atomic E-state index is 12.8. The van der Waals surface area contributed by atoms with Crippen LogP contribution in [0.1, 0.15) is 104 Å². The first-order valence-corrected chi connectivity index (χ1v) is 14.6. The Bertz CT molecular complexity index is 1220. The Morgan fingerprint density at radius 2 is 1.20 bits per heavy atom. The molecule has 0 radical (unpaired) electrons. The van der Waals surface area contributed by atoms with Crippen molar-refractivity contribution < 1.29 is 9.59 Å². The van der Waals surface area contributed by atoms with Gasteiger partial charge >= 0.3 is 0 Å². The van der Waals surface area contributed by atoms with E-state index < -0.39 is 0 Å². The fourth-order valence-corrected chi connectivity index (χ4v) is 6.01. The van der Waals surface area contributed by atoms with Crippen LogP contribution >= 0.6 is 0 Å². The minimum atomic E-state index is -0.107. The first-order chi connectivity index (χ1) is 18.4. The molecule has 216 valence electrons. The maximum atomic E-state index is 12.8. The number of rotatable bonds is 7. The van der Waals surface area contributed by atoms with E-state index in [1.165, 1.54) is 11.1 Å². The number of carbonyl (C=O) groups excluding carboxylic acids is 2. The molecule has 1 aliphatic rings. The Kier molecular flexibility index (Phi) is 9.54. The molecular weight excluding hydrogens is 492 g/mol. The fourth-order valence-electron chi connectivity index (χ4n) is 6.01. The van der Waals surface area contributed by atoms with Crippen molar-refractivity contribution in [3.63, 3.8) is 0 Å². The molecule has 1 saturated carbocycles. The van der Waals surface area contributed by atoms with Gasteiger partial charge in [-0.2, -0.15) is 0 Å². The molecule has 0 aromatic heterocycles. The largest absolute Gasteiger partial charge is 0.352 e. The molecule has 0 unspecified atom stereocenters. The van der Waals surface area contributed by atoms with Crippen LogP contribution in [0.5, 0.6) is 0 Å². The van der Waals surface area contributed by atoms with Crippen molar-refractivity contribution in [2.24, 2.45) is 10.8 Å². The van der Waals surface area contributed by atoms with Crippen molar-refractivity contribution in [1.29, 1.82) is 0 Å². The van der Waals surface area contributed by atoms with Gasteiger partial charge in [0.25, 0.3) is 0 Å².